The monoisotopic (exact) mass is 485 g/mol. The zero-order chi connectivity index (χ0) is 24.1. The molecule has 2 aliphatic rings. The van der Waals surface area contributed by atoms with Crippen molar-refractivity contribution in [2.75, 3.05) is 6.54 Å². The number of amides is 2. The summed E-state index contributed by atoms with van der Waals surface area (Å²) >= 11 is 6.32. The normalized spacial score (nSPS) is 14.3. The number of aromatic nitrogens is 3. The number of rotatable bonds is 4. The van der Waals surface area contributed by atoms with Crippen LogP contribution in [0.15, 0.2) is 71.7 Å². The molecule has 0 aliphatic carbocycles. The lowest BCUT2D eigenvalue weighted by Gasteiger charge is -2.16. The van der Waals surface area contributed by atoms with Gasteiger partial charge < -0.3 is 0 Å². The Bertz CT molecular complexity index is 1530. The maximum atomic E-state index is 14.7. The Morgan fingerprint density at radius 2 is 1.54 bits per heavy atom. The van der Waals surface area contributed by atoms with Crippen LogP contribution < -0.4 is 0 Å². The molecule has 0 fully saturated rings. The molecule has 0 N–H and O–H groups in total. The highest BCUT2D eigenvalue weighted by molar-refractivity contribution is 6.31. The lowest BCUT2D eigenvalue weighted by atomic mass is 10.00. The van der Waals surface area contributed by atoms with E-state index in [1.54, 1.807) is 54.6 Å². The van der Waals surface area contributed by atoms with Crippen molar-refractivity contribution in [3.63, 3.8) is 0 Å². The molecule has 3 heterocycles. The molecule has 1 aromatic heterocycles. The highest BCUT2D eigenvalue weighted by atomic mass is 35.5. The number of nitrogens with zero attached hydrogens (tertiary/aromatic N) is 5. The van der Waals surface area contributed by atoms with Gasteiger partial charge in [0.2, 0.25) is 0 Å². The smallest absolute Gasteiger partial charge is 0.261 e. The maximum Gasteiger partial charge on any atom is 0.261 e. The topological polar surface area (TPSA) is 80.5 Å². The van der Waals surface area contributed by atoms with Crippen molar-refractivity contribution in [3.05, 3.63) is 111 Å². The summed E-state index contributed by atoms with van der Waals surface area (Å²) in [6.07, 6.45) is 0.287. The van der Waals surface area contributed by atoms with Crippen molar-refractivity contribution >= 4 is 29.1 Å². The molecule has 0 saturated heterocycles. The van der Waals surface area contributed by atoms with E-state index in [0.717, 1.165) is 0 Å². The molecule has 0 saturated carbocycles. The molecule has 2 aliphatic heterocycles. The number of aliphatic imine (C=N–C) groups is 1. The van der Waals surface area contributed by atoms with Gasteiger partial charge in [-0.05, 0) is 42.5 Å². The summed E-state index contributed by atoms with van der Waals surface area (Å²) in [5, 5.41) is 9.11. The predicted octanol–water partition coefficient (Wildman–Crippen LogP) is 4.25. The number of benzene rings is 3. The van der Waals surface area contributed by atoms with Gasteiger partial charge in [-0.3, -0.25) is 24.0 Å². The molecule has 2 amide bonds. The summed E-state index contributed by atoms with van der Waals surface area (Å²) in [4.78, 5) is 31.4. The summed E-state index contributed by atoms with van der Waals surface area (Å²) in [6.45, 7) is 0.324. The van der Waals surface area contributed by atoms with Gasteiger partial charge in [-0.1, -0.05) is 35.9 Å². The van der Waals surface area contributed by atoms with Gasteiger partial charge in [0.15, 0.2) is 5.82 Å². The fourth-order valence-corrected chi connectivity index (χ4v) is 4.73. The van der Waals surface area contributed by atoms with E-state index in [1.165, 1.54) is 11.0 Å². The molecule has 4 aromatic rings. The summed E-state index contributed by atoms with van der Waals surface area (Å²) in [5.41, 5.74) is 2.98. The van der Waals surface area contributed by atoms with Gasteiger partial charge >= 0.3 is 0 Å². The molecule has 0 bridgehead atoms. The lowest BCUT2D eigenvalue weighted by molar-refractivity contribution is 0.0655. The molecule has 0 radical (unpaired) electrons. The molecule has 0 unspecified atom stereocenters. The SMILES string of the molecule is O=C1c2ccccc2C(=O)N1CCc1nnc2n1-c1ccc(Cl)cc1C(c1ccccc1F)=NC2. The average Bonchev–Trinajstić information content (AvgIpc) is 3.32. The van der Waals surface area contributed by atoms with Crippen molar-refractivity contribution in [1.82, 2.24) is 19.7 Å². The Balaban J connectivity index is 1.37. The first-order valence-electron chi connectivity index (χ1n) is 11.0. The van der Waals surface area contributed by atoms with Crippen LogP contribution >= 0.6 is 11.6 Å². The third-order valence-corrected chi connectivity index (χ3v) is 6.43. The van der Waals surface area contributed by atoms with E-state index >= 15 is 0 Å². The summed E-state index contributed by atoms with van der Waals surface area (Å²) in [5.74, 6) is 0.0974. The van der Waals surface area contributed by atoms with Gasteiger partial charge in [-0.15, -0.1) is 10.2 Å². The zero-order valence-corrected chi connectivity index (χ0v) is 19.0. The number of carbonyl (C=O) groups excluding carboxylic acids is 2. The van der Waals surface area contributed by atoms with E-state index < -0.39 is 0 Å². The first-order chi connectivity index (χ1) is 17.0. The molecule has 0 spiro atoms. The van der Waals surface area contributed by atoms with Gasteiger partial charge in [0, 0.05) is 29.1 Å². The van der Waals surface area contributed by atoms with Crippen molar-refractivity contribution in [3.8, 4) is 5.69 Å². The largest absolute Gasteiger partial charge is 0.281 e. The molecular formula is C26H17ClFN5O2. The fraction of sp³-hybridized carbons (Fsp3) is 0.115. The Kier molecular flexibility index (Phi) is 5.04. The minimum atomic E-state index is -0.388. The summed E-state index contributed by atoms with van der Waals surface area (Å²) in [7, 11) is 0. The van der Waals surface area contributed by atoms with Crippen LogP contribution in [-0.4, -0.2) is 43.7 Å². The van der Waals surface area contributed by atoms with Crippen LogP contribution in [-0.2, 0) is 13.0 Å². The molecule has 35 heavy (non-hydrogen) atoms. The van der Waals surface area contributed by atoms with Crippen molar-refractivity contribution < 1.29 is 14.0 Å². The molecule has 0 atom stereocenters. The van der Waals surface area contributed by atoms with Crippen molar-refractivity contribution in [2.45, 2.75) is 13.0 Å². The minimum Gasteiger partial charge on any atom is -0.281 e. The Hall–Kier alpha value is -4.17. The summed E-state index contributed by atoms with van der Waals surface area (Å²) in [6, 6.07) is 18.5. The lowest BCUT2D eigenvalue weighted by Crippen LogP contribution is -2.32. The predicted molar refractivity (Wildman–Crippen MR) is 128 cm³/mol. The molecule has 3 aromatic carbocycles. The number of imide groups is 1. The molecule has 6 rings (SSSR count). The van der Waals surface area contributed by atoms with Gasteiger partial charge in [0.05, 0.1) is 22.5 Å². The van der Waals surface area contributed by atoms with Crippen LogP contribution in [0, 0.1) is 5.82 Å². The number of hydrogen-bond donors (Lipinski definition) is 0. The number of halogens is 2. The van der Waals surface area contributed by atoms with Crippen LogP contribution in [0.5, 0.6) is 0 Å². The number of carbonyl (C=O) groups is 2. The quantitative estimate of drug-likeness (QED) is 0.405. The molecule has 7 nitrogen and oxygen atoms in total. The van der Waals surface area contributed by atoms with Crippen LogP contribution in [0.1, 0.15) is 43.5 Å². The first-order valence-corrected chi connectivity index (χ1v) is 11.4. The zero-order valence-electron chi connectivity index (χ0n) is 18.3. The standard InChI is InChI=1S/C26H17ClFN5O2/c27-15-9-10-21-19(13-15)24(18-7-3-4-8-20(18)28)29-14-23-31-30-22(33(21)23)11-12-32-25(34)16-5-1-2-6-17(16)26(32)35/h1-10,13H,11-12,14H2. The van der Waals surface area contributed by atoms with Crippen LogP contribution in [0.3, 0.4) is 0 Å². The first kappa shape index (κ1) is 21.4. The third kappa shape index (κ3) is 3.45. The van der Waals surface area contributed by atoms with Gasteiger partial charge in [0.25, 0.3) is 11.8 Å². The van der Waals surface area contributed by atoms with Gasteiger partial charge in [-0.25, -0.2) is 4.39 Å². The van der Waals surface area contributed by atoms with Crippen LogP contribution in [0.4, 0.5) is 4.39 Å². The second kappa shape index (κ2) is 8.25. The Morgan fingerprint density at radius 1 is 0.857 bits per heavy atom. The second-order valence-corrected chi connectivity index (χ2v) is 8.67. The maximum absolute atomic E-state index is 14.7. The van der Waals surface area contributed by atoms with E-state index in [0.29, 0.717) is 50.3 Å². The highest BCUT2D eigenvalue weighted by Gasteiger charge is 2.35. The van der Waals surface area contributed by atoms with Gasteiger partial charge in [0.1, 0.15) is 18.2 Å². The van der Waals surface area contributed by atoms with Crippen LogP contribution in [0.2, 0.25) is 5.02 Å². The van der Waals surface area contributed by atoms with E-state index in [2.05, 4.69) is 15.2 Å². The highest BCUT2D eigenvalue weighted by Crippen LogP contribution is 2.30. The van der Waals surface area contributed by atoms with Crippen molar-refractivity contribution in [1.29, 1.82) is 0 Å². The molecular weight excluding hydrogens is 469 g/mol. The summed E-state index contributed by atoms with van der Waals surface area (Å²) < 4.78 is 16.5. The van der Waals surface area contributed by atoms with Crippen molar-refractivity contribution in [2.24, 2.45) is 4.99 Å². The van der Waals surface area contributed by atoms with Gasteiger partial charge in [-0.2, -0.15) is 0 Å². The van der Waals surface area contributed by atoms with E-state index in [-0.39, 0.29) is 37.1 Å². The molecule has 172 valence electrons. The fourth-order valence-electron chi connectivity index (χ4n) is 4.56. The Morgan fingerprint density at radius 3 is 2.26 bits per heavy atom. The number of hydrogen-bond acceptors (Lipinski definition) is 5. The third-order valence-electron chi connectivity index (χ3n) is 6.20. The Labute approximate surface area is 204 Å². The number of fused-ring (bicyclic) bond motifs is 4. The minimum absolute atomic E-state index is 0.147. The van der Waals surface area contributed by atoms with E-state index in [1.807, 2.05) is 10.6 Å². The second-order valence-electron chi connectivity index (χ2n) is 8.23. The van der Waals surface area contributed by atoms with E-state index in [4.69, 9.17) is 11.6 Å². The van der Waals surface area contributed by atoms with Crippen LogP contribution in [0.25, 0.3) is 5.69 Å². The van der Waals surface area contributed by atoms with E-state index in [9.17, 15) is 14.0 Å². The average molecular weight is 486 g/mol. The molecule has 9 heteroatoms.